The molecule has 0 unspecified atom stereocenters. The van der Waals surface area contributed by atoms with Crippen LogP contribution >= 0.6 is 0 Å². The standard InChI is InChI=1S/C14H17F2NO6/c1-21-6-5-17(8-12(18)19)13(20)9-3-4-10(23-14(15)16)11(7-9)22-2/h3-4,7,14H,5-6,8H2,1-2H3,(H,18,19). The Morgan fingerprint density at radius 1 is 1.26 bits per heavy atom. The van der Waals surface area contributed by atoms with Crippen LogP contribution in [-0.2, 0) is 9.53 Å². The summed E-state index contributed by atoms with van der Waals surface area (Å²) in [6.07, 6.45) is 0. The van der Waals surface area contributed by atoms with Gasteiger partial charge >= 0.3 is 12.6 Å². The summed E-state index contributed by atoms with van der Waals surface area (Å²) in [4.78, 5) is 24.3. The van der Waals surface area contributed by atoms with Crippen molar-refractivity contribution in [2.24, 2.45) is 0 Å². The maximum atomic E-state index is 12.4. The van der Waals surface area contributed by atoms with Crippen LogP contribution in [0.2, 0.25) is 0 Å². The highest BCUT2D eigenvalue weighted by molar-refractivity contribution is 5.96. The van der Waals surface area contributed by atoms with Gasteiger partial charge in [-0.15, -0.1) is 0 Å². The molecule has 1 amide bonds. The van der Waals surface area contributed by atoms with Crippen LogP contribution in [-0.4, -0.2) is 62.4 Å². The Kier molecular flexibility index (Phi) is 7.20. The normalized spacial score (nSPS) is 10.5. The van der Waals surface area contributed by atoms with Crippen LogP contribution < -0.4 is 9.47 Å². The zero-order valence-corrected chi connectivity index (χ0v) is 12.6. The monoisotopic (exact) mass is 333 g/mol. The molecule has 1 N–H and O–H groups in total. The zero-order chi connectivity index (χ0) is 17.4. The summed E-state index contributed by atoms with van der Waals surface area (Å²) >= 11 is 0. The highest BCUT2D eigenvalue weighted by Crippen LogP contribution is 2.29. The first-order valence-corrected chi connectivity index (χ1v) is 6.52. The number of alkyl halides is 2. The van der Waals surface area contributed by atoms with Crippen molar-refractivity contribution < 1.29 is 37.7 Å². The van der Waals surface area contributed by atoms with Gasteiger partial charge in [0.15, 0.2) is 11.5 Å². The van der Waals surface area contributed by atoms with Crippen molar-refractivity contribution >= 4 is 11.9 Å². The van der Waals surface area contributed by atoms with Crippen molar-refractivity contribution in [1.29, 1.82) is 0 Å². The van der Waals surface area contributed by atoms with E-state index in [0.717, 1.165) is 11.0 Å². The SMILES string of the molecule is COCCN(CC(=O)O)C(=O)c1ccc(OC(F)F)c(OC)c1. The molecule has 0 saturated carbocycles. The summed E-state index contributed by atoms with van der Waals surface area (Å²) < 4.78 is 38.6. The number of ether oxygens (including phenoxy) is 3. The molecule has 0 aliphatic rings. The van der Waals surface area contributed by atoms with E-state index in [2.05, 4.69) is 4.74 Å². The number of nitrogens with zero attached hydrogens (tertiary/aromatic N) is 1. The average molecular weight is 333 g/mol. The van der Waals surface area contributed by atoms with Gasteiger partial charge in [0.25, 0.3) is 5.91 Å². The summed E-state index contributed by atoms with van der Waals surface area (Å²) in [5.74, 6) is -2.05. The van der Waals surface area contributed by atoms with Gasteiger partial charge in [0.1, 0.15) is 6.54 Å². The number of carboxylic acid groups (broad SMARTS) is 1. The predicted molar refractivity (Wildman–Crippen MR) is 75.0 cm³/mol. The molecule has 0 saturated heterocycles. The lowest BCUT2D eigenvalue weighted by Gasteiger charge is -2.21. The number of hydrogen-bond donors (Lipinski definition) is 1. The molecule has 0 aliphatic carbocycles. The topological polar surface area (TPSA) is 85.3 Å². The van der Waals surface area contributed by atoms with Crippen molar-refractivity contribution in [2.45, 2.75) is 6.61 Å². The molecule has 1 aromatic rings. The number of carbonyl (C=O) groups is 2. The molecule has 9 heteroatoms. The quantitative estimate of drug-likeness (QED) is 0.737. The highest BCUT2D eigenvalue weighted by Gasteiger charge is 2.20. The molecule has 128 valence electrons. The molecule has 0 aliphatic heterocycles. The number of rotatable bonds is 9. The highest BCUT2D eigenvalue weighted by atomic mass is 19.3. The molecule has 1 aromatic carbocycles. The molecule has 0 fully saturated rings. The van der Waals surface area contributed by atoms with Gasteiger partial charge in [-0.2, -0.15) is 8.78 Å². The lowest BCUT2D eigenvalue weighted by atomic mass is 10.1. The third-order valence-electron chi connectivity index (χ3n) is 2.81. The largest absolute Gasteiger partial charge is 0.493 e. The Bertz CT molecular complexity index is 552. The van der Waals surface area contributed by atoms with Gasteiger partial charge in [0.05, 0.1) is 13.7 Å². The first-order chi connectivity index (χ1) is 10.9. The summed E-state index contributed by atoms with van der Waals surface area (Å²) in [6.45, 7) is -3.32. The molecule has 0 spiro atoms. The number of aliphatic carboxylic acids is 1. The second kappa shape index (κ2) is 8.89. The molecular formula is C14H17F2NO6. The number of carboxylic acids is 1. The molecule has 0 aromatic heterocycles. The second-order valence-electron chi connectivity index (χ2n) is 4.36. The minimum Gasteiger partial charge on any atom is -0.493 e. The van der Waals surface area contributed by atoms with Gasteiger partial charge in [-0.1, -0.05) is 0 Å². The van der Waals surface area contributed by atoms with Crippen molar-refractivity contribution in [2.75, 3.05) is 33.9 Å². The fraction of sp³-hybridized carbons (Fsp3) is 0.429. The number of benzene rings is 1. The number of amides is 1. The van der Waals surface area contributed by atoms with E-state index in [9.17, 15) is 18.4 Å². The van der Waals surface area contributed by atoms with Crippen LogP contribution in [0, 0.1) is 0 Å². The van der Waals surface area contributed by atoms with Crippen LogP contribution in [0.3, 0.4) is 0 Å². The summed E-state index contributed by atoms with van der Waals surface area (Å²) in [7, 11) is 2.66. The number of carbonyl (C=O) groups excluding carboxylic acids is 1. The Hall–Kier alpha value is -2.42. The van der Waals surface area contributed by atoms with Crippen molar-refractivity contribution in [3.8, 4) is 11.5 Å². The number of halogens is 2. The number of methoxy groups -OCH3 is 2. The molecule has 1 rings (SSSR count). The molecule has 7 nitrogen and oxygen atoms in total. The van der Waals surface area contributed by atoms with Gasteiger partial charge in [-0.3, -0.25) is 9.59 Å². The predicted octanol–water partition coefficient (Wildman–Crippen LogP) is 1.47. The third-order valence-corrected chi connectivity index (χ3v) is 2.81. The van der Waals surface area contributed by atoms with Crippen LogP contribution in [0.4, 0.5) is 8.78 Å². The summed E-state index contributed by atoms with van der Waals surface area (Å²) in [5, 5.41) is 8.86. The Morgan fingerprint density at radius 3 is 2.48 bits per heavy atom. The van der Waals surface area contributed by atoms with E-state index < -0.39 is 25.0 Å². The lowest BCUT2D eigenvalue weighted by Crippen LogP contribution is -2.38. The Labute approximate surface area is 131 Å². The van der Waals surface area contributed by atoms with E-state index >= 15 is 0 Å². The molecule has 0 radical (unpaired) electrons. The van der Waals surface area contributed by atoms with Crippen LogP contribution in [0.25, 0.3) is 0 Å². The van der Waals surface area contributed by atoms with Gasteiger partial charge in [-0.25, -0.2) is 0 Å². The van der Waals surface area contributed by atoms with Gasteiger partial charge in [-0.05, 0) is 18.2 Å². The average Bonchev–Trinajstić information content (AvgIpc) is 2.50. The molecule has 0 atom stereocenters. The minimum absolute atomic E-state index is 0.0573. The third kappa shape index (κ3) is 5.70. The molecular weight excluding hydrogens is 316 g/mol. The fourth-order valence-electron chi connectivity index (χ4n) is 1.79. The van der Waals surface area contributed by atoms with Gasteiger partial charge in [0.2, 0.25) is 0 Å². The van der Waals surface area contributed by atoms with E-state index in [-0.39, 0.29) is 30.2 Å². The van der Waals surface area contributed by atoms with Crippen LogP contribution in [0.15, 0.2) is 18.2 Å². The van der Waals surface area contributed by atoms with Gasteiger partial charge in [0, 0.05) is 19.2 Å². The van der Waals surface area contributed by atoms with E-state index in [4.69, 9.17) is 14.6 Å². The molecule has 0 heterocycles. The van der Waals surface area contributed by atoms with Crippen LogP contribution in [0.1, 0.15) is 10.4 Å². The first kappa shape index (κ1) is 18.6. The fourth-order valence-corrected chi connectivity index (χ4v) is 1.79. The van der Waals surface area contributed by atoms with Crippen molar-refractivity contribution in [1.82, 2.24) is 4.90 Å². The van der Waals surface area contributed by atoms with E-state index in [0.29, 0.717) is 0 Å². The molecule has 0 bridgehead atoms. The Balaban J connectivity index is 3.01. The maximum Gasteiger partial charge on any atom is 0.387 e. The smallest absolute Gasteiger partial charge is 0.387 e. The maximum absolute atomic E-state index is 12.4. The molecule has 23 heavy (non-hydrogen) atoms. The van der Waals surface area contributed by atoms with Crippen molar-refractivity contribution in [3.63, 3.8) is 0 Å². The van der Waals surface area contributed by atoms with E-state index in [1.165, 1.54) is 26.4 Å². The summed E-state index contributed by atoms with van der Waals surface area (Å²) in [5.41, 5.74) is 0.0841. The second-order valence-corrected chi connectivity index (χ2v) is 4.36. The Morgan fingerprint density at radius 2 is 1.96 bits per heavy atom. The minimum atomic E-state index is -3.03. The zero-order valence-electron chi connectivity index (χ0n) is 12.6. The van der Waals surface area contributed by atoms with Crippen LogP contribution in [0.5, 0.6) is 11.5 Å². The summed E-state index contributed by atoms with van der Waals surface area (Å²) in [6, 6.07) is 3.62. The van der Waals surface area contributed by atoms with Gasteiger partial charge < -0.3 is 24.2 Å². The first-order valence-electron chi connectivity index (χ1n) is 6.52. The lowest BCUT2D eigenvalue weighted by molar-refractivity contribution is -0.137. The van der Waals surface area contributed by atoms with Crippen molar-refractivity contribution in [3.05, 3.63) is 23.8 Å². The van der Waals surface area contributed by atoms with E-state index in [1.54, 1.807) is 0 Å². The van der Waals surface area contributed by atoms with E-state index in [1.807, 2.05) is 0 Å². The number of hydrogen-bond acceptors (Lipinski definition) is 5.